The normalized spacial score (nSPS) is 12.1. The molecule has 0 aliphatic carbocycles. The summed E-state index contributed by atoms with van der Waals surface area (Å²) in [5.41, 5.74) is 23.1. The molecule has 16 rings (SSSR count). The number of rotatable bonds is 0. The third-order valence-corrected chi connectivity index (χ3v) is 21.6. The van der Waals surface area contributed by atoms with E-state index in [1.807, 2.05) is 79.1 Å². The number of thiazole rings is 1. The van der Waals surface area contributed by atoms with Gasteiger partial charge in [-0.05, 0) is 170 Å². The van der Waals surface area contributed by atoms with Crippen molar-refractivity contribution in [3.05, 3.63) is 365 Å². The highest BCUT2D eigenvalue weighted by Crippen LogP contribution is 2.38. The number of hydrogen-bond donors (Lipinski definition) is 0. The highest BCUT2D eigenvalue weighted by Gasteiger charge is 2.24. The van der Waals surface area contributed by atoms with Crippen molar-refractivity contribution in [2.45, 2.75) is 268 Å². The molecule has 7 heterocycles. The van der Waals surface area contributed by atoms with Crippen LogP contribution in [-0.2, 0) is 60.6 Å². The van der Waals surface area contributed by atoms with E-state index in [1.165, 1.54) is 98.3 Å². The largest absolute Gasteiger partial charge is 0.265 e. The molecule has 9 aromatic carbocycles. The van der Waals surface area contributed by atoms with Gasteiger partial charge in [0.15, 0.2) is 0 Å². The van der Waals surface area contributed by atoms with Gasteiger partial charge in [0.1, 0.15) is 0 Å². The minimum Gasteiger partial charge on any atom is -0.265 e. The Labute approximate surface area is 740 Å². The van der Waals surface area contributed by atoms with Gasteiger partial charge in [0, 0.05) is 82.8 Å². The molecule has 7 nitrogen and oxygen atoms in total. The first-order valence-electron chi connectivity index (χ1n) is 43.4. The van der Waals surface area contributed by atoms with Crippen molar-refractivity contribution in [2.24, 2.45) is 4.99 Å². The van der Waals surface area contributed by atoms with Crippen molar-refractivity contribution in [1.82, 2.24) is 29.9 Å². The zero-order chi connectivity index (χ0) is 90.1. The predicted octanol–water partition coefficient (Wildman–Crippen LogP) is 32.3. The summed E-state index contributed by atoms with van der Waals surface area (Å²) in [4.78, 5) is 30.2. The van der Waals surface area contributed by atoms with Crippen LogP contribution in [0, 0.1) is 0 Å². The van der Waals surface area contributed by atoms with E-state index < -0.39 is 0 Å². The number of aliphatic imine (C=N–C) groups is 1. The van der Waals surface area contributed by atoms with Gasteiger partial charge in [-0.15, -0.1) is 11.3 Å². The number of nitrogens with zero attached hydrogens (tertiary/aromatic N) is 7. The number of pyridine rings is 5. The number of benzene rings is 9. The van der Waals surface area contributed by atoms with Gasteiger partial charge in [0.25, 0.3) is 0 Å². The van der Waals surface area contributed by atoms with Crippen LogP contribution >= 0.6 is 11.3 Å². The lowest BCUT2D eigenvalue weighted by atomic mass is 9.84. The summed E-state index contributed by atoms with van der Waals surface area (Å²) in [7, 11) is 0. The zero-order valence-corrected chi connectivity index (χ0v) is 80.5. The van der Waals surface area contributed by atoms with Crippen molar-refractivity contribution in [2.75, 3.05) is 0 Å². The van der Waals surface area contributed by atoms with Crippen LogP contribution in [0.3, 0.4) is 0 Å². The van der Waals surface area contributed by atoms with E-state index >= 15 is 0 Å². The summed E-state index contributed by atoms with van der Waals surface area (Å²) in [6.45, 7) is 66.4. The lowest BCUT2D eigenvalue weighted by molar-refractivity contribution is 0.569. The van der Waals surface area contributed by atoms with Gasteiger partial charge < -0.3 is 0 Å². The Morgan fingerprint density at radius 3 is 1.25 bits per heavy atom. The monoisotopic (exact) mass is 1640 g/mol. The van der Waals surface area contributed by atoms with Gasteiger partial charge in [-0.1, -0.05) is 414 Å². The van der Waals surface area contributed by atoms with E-state index in [4.69, 9.17) is 0 Å². The lowest BCUT2D eigenvalue weighted by Crippen LogP contribution is -2.13. The highest BCUT2D eigenvalue weighted by atomic mass is 32.1. The van der Waals surface area contributed by atoms with Gasteiger partial charge in [0.2, 0.25) is 0 Å². The van der Waals surface area contributed by atoms with Crippen LogP contribution in [0.1, 0.15) is 269 Å². The van der Waals surface area contributed by atoms with Gasteiger partial charge in [-0.2, -0.15) is 0 Å². The number of fused-ring (bicyclic) bond motifs is 6. The summed E-state index contributed by atoms with van der Waals surface area (Å²) in [6.07, 6.45) is 14.1. The lowest BCUT2D eigenvalue weighted by Gasteiger charge is -2.21. The Bertz CT molecular complexity index is 5290. The van der Waals surface area contributed by atoms with Crippen molar-refractivity contribution in [1.29, 1.82) is 0 Å². The molecule has 0 saturated carbocycles. The topological polar surface area (TPSA) is 89.7 Å². The Balaban J connectivity index is 0.000000187. The summed E-state index contributed by atoms with van der Waals surface area (Å²) < 4.78 is 1.28. The molecule has 0 atom stereocenters. The Kier molecular flexibility index (Phi) is 34.6. The number of para-hydroxylation sites is 4. The SMILES string of the molecule is CC(C)(C)c1ccc2ccccc2c1.CC(C)(C)c1ccc2ccccc2n1.CC(C)(C)c1cccc2c1N=CC2.CC(C)(C)c1cccc2ccccc12.CC(C)(C)c1cccc2cccnc12.CC(C)(C)c1cccc2scnc12.CC(C)(C)c1ccccc1.CC(C)(C)c1ccccn1.CC(C)(C)c1cccnc1.CC(C)(C)c1ccncc1. The van der Waals surface area contributed by atoms with E-state index in [0.717, 1.165) is 28.8 Å². The molecule has 8 heteroatoms. The molecule has 0 spiro atoms. The first-order chi connectivity index (χ1) is 56.9. The van der Waals surface area contributed by atoms with E-state index in [0.29, 0.717) is 5.41 Å². The fourth-order valence-corrected chi connectivity index (χ4v) is 14.1. The molecule has 0 unspecified atom stereocenters. The van der Waals surface area contributed by atoms with Gasteiger partial charge in [-0.25, -0.2) is 4.98 Å². The second-order valence-corrected chi connectivity index (χ2v) is 42.6. The molecule has 0 radical (unpaired) electrons. The highest BCUT2D eigenvalue weighted by molar-refractivity contribution is 7.16. The molecule has 122 heavy (non-hydrogen) atoms. The quantitative estimate of drug-likeness (QED) is 0.150. The Morgan fingerprint density at radius 2 is 0.721 bits per heavy atom. The molecule has 0 N–H and O–H groups in total. The molecular formula is C114H143N7S. The standard InChI is InChI=1S/2C14H16.2C13H15N.C12H15N.C11H13NS.C10H14.3C9H13N/c1-14(2,3)13-10-6-8-11-7-4-5-9-12(11)13;1-14(2,3)13-9-8-11-6-4-5-7-12(11)10-13;1-13(2,3)11-8-4-6-10-7-5-9-14-12(10)11;1-13(2,3)12-9-8-10-6-4-5-7-11(10)14-12;1-12(2,3)10-6-4-5-9-7-8-13-11(9)10;1-11(2,3)8-5-4-6-9-10(8)12-7-13-9;1-10(2,3)9-7-5-4-6-8-9;1-9(2,3)8-4-6-10-7-5-8;1-9(2,3)8-5-4-6-10-7-8;1-9(2,3)8-6-4-5-7-10-8/h2*4-10H,1-3H3;2*4-9H,1-3H3;4-6,8H,7H2,1-3H3;4-7H,1-3H3;4-8H,1-3H3;3*4-7H,1-3H3. The fraction of sp³-hybridized carbons (Fsp3) is 0.360. The molecule has 0 bridgehead atoms. The zero-order valence-electron chi connectivity index (χ0n) is 79.7. The molecule has 6 aromatic heterocycles. The molecule has 0 saturated heterocycles. The maximum absolute atomic E-state index is 4.65. The molecule has 1 aliphatic rings. The fourth-order valence-electron chi connectivity index (χ4n) is 13.4. The third-order valence-electron chi connectivity index (χ3n) is 20.8. The molecule has 1 aliphatic heterocycles. The first kappa shape index (κ1) is 98.4. The van der Waals surface area contributed by atoms with Crippen LogP contribution in [0.2, 0.25) is 0 Å². The molecular weight excluding hydrogens is 1500 g/mol. The number of hydrogen-bond acceptors (Lipinski definition) is 8. The summed E-state index contributed by atoms with van der Waals surface area (Å²) in [5.74, 6) is 0. The second kappa shape index (κ2) is 42.9. The van der Waals surface area contributed by atoms with Crippen LogP contribution in [-0.4, -0.2) is 36.1 Å². The summed E-state index contributed by atoms with van der Waals surface area (Å²) in [5, 5.41) is 7.79. The second-order valence-electron chi connectivity index (χ2n) is 41.8. The minimum atomic E-state index is 0.129. The minimum absolute atomic E-state index is 0.129. The average molecular weight is 1640 g/mol. The van der Waals surface area contributed by atoms with Crippen LogP contribution in [0.5, 0.6) is 0 Å². The van der Waals surface area contributed by atoms with Crippen LogP contribution in [0.15, 0.2) is 309 Å². The maximum Gasteiger partial charge on any atom is 0.0849 e. The molecule has 0 fully saturated rings. The van der Waals surface area contributed by atoms with Crippen molar-refractivity contribution < 1.29 is 0 Å². The predicted molar refractivity (Wildman–Crippen MR) is 535 cm³/mol. The van der Waals surface area contributed by atoms with Crippen LogP contribution in [0.4, 0.5) is 5.69 Å². The number of aromatic nitrogens is 6. The van der Waals surface area contributed by atoms with Gasteiger partial charge in [0.05, 0.1) is 32.4 Å². The van der Waals surface area contributed by atoms with Gasteiger partial charge in [-0.3, -0.25) is 29.9 Å². The third kappa shape index (κ3) is 31.0. The molecule has 15 aromatic rings. The van der Waals surface area contributed by atoms with Crippen LogP contribution in [0.25, 0.3) is 53.6 Å². The summed E-state index contributed by atoms with van der Waals surface area (Å²) >= 11 is 1.71. The van der Waals surface area contributed by atoms with E-state index in [-0.39, 0.29) is 48.7 Å². The van der Waals surface area contributed by atoms with E-state index in [9.17, 15) is 0 Å². The van der Waals surface area contributed by atoms with E-state index in [1.54, 1.807) is 17.5 Å². The van der Waals surface area contributed by atoms with Crippen molar-refractivity contribution in [3.8, 4) is 0 Å². The van der Waals surface area contributed by atoms with Crippen molar-refractivity contribution >= 4 is 76.8 Å². The summed E-state index contributed by atoms with van der Waals surface area (Å²) in [6, 6.07) is 90.9. The molecule has 0 amide bonds. The van der Waals surface area contributed by atoms with Crippen molar-refractivity contribution in [3.63, 3.8) is 0 Å². The Hall–Kier alpha value is -10.7. The van der Waals surface area contributed by atoms with E-state index in [2.05, 4.69) is 467 Å². The van der Waals surface area contributed by atoms with Gasteiger partial charge >= 0.3 is 0 Å². The average Bonchev–Trinajstić information content (AvgIpc) is 1.60. The smallest absolute Gasteiger partial charge is 0.0849 e. The van der Waals surface area contributed by atoms with Crippen LogP contribution < -0.4 is 0 Å². The molecule has 640 valence electrons. The maximum atomic E-state index is 4.65. The Morgan fingerprint density at radius 1 is 0.262 bits per heavy atom. The first-order valence-corrected chi connectivity index (χ1v) is 44.2.